The largest absolute Gasteiger partial charge is 0.387 e. The van der Waals surface area contributed by atoms with Gasteiger partial charge in [0.1, 0.15) is 0 Å². The van der Waals surface area contributed by atoms with Crippen molar-refractivity contribution in [2.45, 2.75) is 50.2 Å². The fourth-order valence-corrected chi connectivity index (χ4v) is 3.12. The van der Waals surface area contributed by atoms with Gasteiger partial charge in [-0.2, -0.15) is 0 Å². The molecule has 1 amide bonds. The Balaban J connectivity index is 1.81. The third kappa shape index (κ3) is 4.55. The predicted molar refractivity (Wildman–Crippen MR) is 83.9 cm³/mol. The Hall–Kier alpha value is -1.39. The smallest absolute Gasteiger partial charge is 0.221 e. The van der Waals surface area contributed by atoms with Gasteiger partial charge in [0, 0.05) is 18.5 Å². The van der Waals surface area contributed by atoms with Crippen molar-refractivity contribution in [2.24, 2.45) is 0 Å². The van der Waals surface area contributed by atoms with Crippen LogP contribution in [0.2, 0.25) is 0 Å². The van der Waals surface area contributed by atoms with Crippen LogP contribution in [-0.2, 0) is 4.79 Å². The molecule has 1 unspecified atom stereocenters. The van der Waals surface area contributed by atoms with E-state index in [-0.39, 0.29) is 18.0 Å². The molecule has 0 aromatic heterocycles. The summed E-state index contributed by atoms with van der Waals surface area (Å²) in [6, 6.07) is 9.42. The molecule has 4 nitrogen and oxygen atoms in total. The maximum absolute atomic E-state index is 12.1. The first kappa shape index (κ1) is 16.0. The molecule has 2 rings (SSSR count). The molecular weight excluding hydrogens is 264 g/mol. The Morgan fingerprint density at radius 3 is 2.52 bits per heavy atom. The molecule has 0 aliphatic heterocycles. The molecule has 0 bridgehead atoms. The Bertz CT molecular complexity index is 441. The van der Waals surface area contributed by atoms with Gasteiger partial charge in [-0.1, -0.05) is 49.6 Å². The van der Waals surface area contributed by atoms with Crippen LogP contribution in [0.5, 0.6) is 0 Å². The van der Waals surface area contributed by atoms with Gasteiger partial charge >= 0.3 is 0 Å². The van der Waals surface area contributed by atoms with Gasteiger partial charge in [-0.15, -0.1) is 0 Å². The van der Waals surface area contributed by atoms with E-state index >= 15 is 0 Å². The van der Waals surface area contributed by atoms with Crippen LogP contribution in [0.1, 0.15) is 50.2 Å². The molecule has 3 N–H and O–H groups in total. The van der Waals surface area contributed by atoms with Crippen LogP contribution in [0.15, 0.2) is 30.3 Å². The number of nitrogens with one attached hydrogen (secondary N) is 2. The minimum atomic E-state index is -0.646. The molecule has 21 heavy (non-hydrogen) atoms. The standard InChI is InChI=1S/C17H26N2O2/c1-18-17(10-6-3-7-11-17)12-16(21)19-13-15(20)14-8-4-2-5-9-14/h2,4-5,8-9,15,18,20H,3,6-7,10-13H2,1H3,(H,19,21). The van der Waals surface area contributed by atoms with Crippen molar-refractivity contribution in [3.05, 3.63) is 35.9 Å². The lowest BCUT2D eigenvalue weighted by molar-refractivity contribution is -0.123. The number of hydrogen-bond donors (Lipinski definition) is 3. The molecule has 1 aromatic carbocycles. The highest BCUT2D eigenvalue weighted by Crippen LogP contribution is 2.30. The van der Waals surface area contributed by atoms with Gasteiger partial charge in [-0.05, 0) is 25.5 Å². The van der Waals surface area contributed by atoms with E-state index in [9.17, 15) is 9.90 Å². The van der Waals surface area contributed by atoms with E-state index in [1.54, 1.807) is 0 Å². The number of benzene rings is 1. The monoisotopic (exact) mass is 290 g/mol. The first-order valence-electron chi connectivity index (χ1n) is 7.84. The lowest BCUT2D eigenvalue weighted by atomic mass is 9.79. The molecule has 1 aliphatic carbocycles. The summed E-state index contributed by atoms with van der Waals surface area (Å²) in [4.78, 5) is 12.1. The van der Waals surface area contributed by atoms with Crippen LogP contribution in [0, 0.1) is 0 Å². The van der Waals surface area contributed by atoms with Crippen molar-refractivity contribution in [1.29, 1.82) is 0 Å². The Kier molecular flexibility index (Phi) is 5.76. The fraction of sp³-hybridized carbons (Fsp3) is 0.588. The second kappa shape index (κ2) is 7.57. The molecule has 1 fully saturated rings. The zero-order valence-corrected chi connectivity index (χ0v) is 12.8. The molecule has 1 aliphatic rings. The van der Waals surface area contributed by atoms with Crippen LogP contribution in [0.4, 0.5) is 0 Å². The van der Waals surface area contributed by atoms with Gasteiger partial charge < -0.3 is 15.7 Å². The second-order valence-corrected chi connectivity index (χ2v) is 6.00. The average molecular weight is 290 g/mol. The zero-order valence-electron chi connectivity index (χ0n) is 12.8. The number of aliphatic hydroxyl groups is 1. The maximum atomic E-state index is 12.1. The summed E-state index contributed by atoms with van der Waals surface area (Å²) in [5.41, 5.74) is 0.777. The van der Waals surface area contributed by atoms with Crippen LogP contribution in [0.3, 0.4) is 0 Å². The number of carbonyl (C=O) groups is 1. The highest BCUT2D eigenvalue weighted by atomic mass is 16.3. The maximum Gasteiger partial charge on any atom is 0.221 e. The Morgan fingerprint density at radius 2 is 1.90 bits per heavy atom. The highest BCUT2D eigenvalue weighted by Gasteiger charge is 2.32. The van der Waals surface area contributed by atoms with Crippen LogP contribution >= 0.6 is 0 Å². The Morgan fingerprint density at radius 1 is 1.24 bits per heavy atom. The van der Waals surface area contributed by atoms with Crippen molar-refractivity contribution in [2.75, 3.05) is 13.6 Å². The number of carbonyl (C=O) groups excluding carboxylic acids is 1. The quantitative estimate of drug-likeness (QED) is 0.752. The van der Waals surface area contributed by atoms with E-state index in [0.29, 0.717) is 6.42 Å². The molecule has 0 radical (unpaired) electrons. The van der Waals surface area contributed by atoms with E-state index < -0.39 is 6.10 Å². The summed E-state index contributed by atoms with van der Waals surface area (Å²) in [5.74, 6) is 0.0150. The number of aliphatic hydroxyl groups excluding tert-OH is 1. The number of hydrogen-bond acceptors (Lipinski definition) is 3. The highest BCUT2D eigenvalue weighted by molar-refractivity contribution is 5.77. The van der Waals surface area contributed by atoms with E-state index in [1.165, 1.54) is 19.3 Å². The van der Waals surface area contributed by atoms with Crippen molar-refractivity contribution >= 4 is 5.91 Å². The topological polar surface area (TPSA) is 61.4 Å². The van der Waals surface area contributed by atoms with E-state index in [4.69, 9.17) is 0 Å². The minimum Gasteiger partial charge on any atom is -0.387 e. The first-order valence-corrected chi connectivity index (χ1v) is 7.84. The summed E-state index contributed by atoms with van der Waals surface area (Å²) in [6.45, 7) is 0.267. The van der Waals surface area contributed by atoms with Gasteiger partial charge in [0.2, 0.25) is 5.91 Å². The summed E-state index contributed by atoms with van der Waals surface area (Å²) in [6.07, 6.45) is 5.58. The average Bonchev–Trinajstić information content (AvgIpc) is 2.54. The van der Waals surface area contributed by atoms with Gasteiger partial charge in [-0.25, -0.2) is 0 Å². The predicted octanol–water partition coefficient (Wildman–Crippen LogP) is 2.15. The van der Waals surface area contributed by atoms with Gasteiger partial charge in [0.05, 0.1) is 6.10 Å². The van der Waals surface area contributed by atoms with Crippen LogP contribution < -0.4 is 10.6 Å². The minimum absolute atomic E-state index is 0.0150. The molecule has 116 valence electrons. The molecule has 4 heteroatoms. The molecule has 1 saturated carbocycles. The summed E-state index contributed by atoms with van der Waals surface area (Å²) in [5, 5.41) is 16.3. The van der Waals surface area contributed by atoms with E-state index in [2.05, 4.69) is 10.6 Å². The normalized spacial score (nSPS) is 19.0. The first-order chi connectivity index (χ1) is 10.2. The molecule has 0 saturated heterocycles. The van der Waals surface area contributed by atoms with Gasteiger partial charge in [-0.3, -0.25) is 4.79 Å². The van der Waals surface area contributed by atoms with E-state index in [1.807, 2.05) is 37.4 Å². The number of rotatable bonds is 6. The molecule has 1 aromatic rings. The molecule has 0 heterocycles. The Labute approximate surface area is 126 Å². The second-order valence-electron chi connectivity index (χ2n) is 6.00. The van der Waals surface area contributed by atoms with Crippen molar-refractivity contribution < 1.29 is 9.90 Å². The van der Waals surface area contributed by atoms with Crippen molar-refractivity contribution in [3.8, 4) is 0 Å². The molecule has 0 spiro atoms. The third-order valence-corrected chi connectivity index (χ3v) is 4.52. The SMILES string of the molecule is CNC1(CC(=O)NCC(O)c2ccccc2)CCCCC1. The number of amides is 1. The fourth-order valence-electron chi connectivity index (χ4n) is 3.12. The zero-order chi connectivity index (χ0) is 15.1. The summed E-state index contributed by atoms with van der Waals surface area (Å²) >= 11 is 0. The summed E-state index contributed by atoms with van der Waals surface area (Å²) < 4.78 is 0. The van der Waals surface area contributed by atoms with Gasteiger partial charge in [0.25, 0.3) is 0 Å². The van der Waals surface area contributed by atoms with Crippen LogP contribution in [0.25, 0.3) is 0 Å². The van der Waals surface area contributed by atoms with Crippen molar-refractivity contribution in [3.63, 3.8) is 0 Å². The lowest BCUT2D eigenvalue weighted by Gasteiger charge is -2.36. The van der Waals surface area contributed by atoms with Crippen LogP contribution in [-0.4, -0.2) is 30.1 Å². The summed E-state index contributed by atoms with van der Waals surface area (Å²) in [7, 11) is 1.94. The van der Waals surface area contributed by atoms with Crippen molar-refractivity contribution in [1.82, 2.24) is 10.6 Å². The lowest BCUT2D eigenvalue weighted by Crippen LogP contribution is -2.48. The molecular formula is C17H26N2O2. The van der Waals surface area contributed by atoms with E-state index in [0.717, 1.165) is 18.4 Å². The van der Waals surface area contributed by atoms with Gasteiger partial charge in [0.15, 0.2) is 0 Å². The molecule has 1 atom stereocenters. The third-order valence-electron chi connectivity index (χ3n) is 4.52.